The van der Waals surface area contributed by atoms with Crippen LogP contribution in [0.2, 0.25) is 0 Å². The Hall–Kier alpha value is -2.77. The number of nitrogens with one attached hydrogen (secondary N) is 1. The van der Waals surface area contributed by atoms with Gasteiger partial charge in [0.15, 0.2) is 0 Å². The number of benzene rings is 2. The normalized spacial score (nSPS) is 10.9. The average Bonchev–Trinajstić information content (AvgIpc) is 2.97. The van der Waals surface area contributed by atoms with Gasteiger partial charge < -0.3 is 11.1 Å². The summed E-state index contributed by atoms with van der Waals surface area (Å²) in [7, 11) is 0. The molecule has 2 amide bonds. The lowest BCUT2D eigenvalue weighted by molar-refractivity contribution is 0.100. The molecule has 3 rings (SSSR count). The highest BCUT2D eigenvalue weighted by molar-refractivity contribution is 9.10. The average molecular weight is 442 g/mol. The molecule has 2 aromatic carbocycles. The van der Waals surface area contributed by atoms with Crippen LogP contribution in [-0.2, 0) is 0 Å². The minimum Gasteiger partial charge on any atom is -0.365 e. The zero-order chi connectivity index (χ0) is 19.4. The number of nitrogens with two attached hydrogens (primary N) is 1. The Balaban J connectivity index is 1.94. The summed E-state index contributed by atoms with van der Waals surface area (Å²) in [6, 6.07) is 16.7. The highest BCUT2D eigenvalue weighted by Crippen LogP contribution is 2.35. The van der Waals surface area contributed by atoms with E-state index in [0.717, 1.165) is 21.4 Å². The van der Waals surface area contributed by atoms with E-state index in [1.165, 1.54) is 0 Å². The molecule has 0 saturated carbocycles. The molecular weight excluding hydrogens is 426 g/mol. The molecule has 136 valence electrons. The highest BCUT2D eigenvalue weighted by Gasteiger charge is 2.23. The molecule has 7 heteroatoms. The number of aliphatic imine (C=N–C) groups is 1. The number of halogens is 1. The van der Waals surface area contributed by atoms with Gasteiger partial charge in [-0.15, -0.1) is 11.3 Å². The maximum Gasteiger partial charge on any atom is 0.266 e. The summed E-state index contributed by atoms with van der Waals surface area (Å²) < 4.78 is 0.923. The van der Waals surface area contributed by atoms with Crippen molar-refractivity contribution >= 4 is 56.0 Å². The Labute approximate surface area is 169 Å². The number of thiophene rings is 1. The van der Waals surface area contributed by atoms with Crippen LogP contribution in [0.25, 0.3) is 0 Å². The number of rotatable bonds is 5. The first-order valence-corrected chi connectivity index (χ1v) is 9.66. The molecule has 0 aliphatic heterocycles. The number of amides is 2. The summed E-state index contributed by atoms with van der Waals surface area (Å²) in [6.07, 6.45) is 1.64. The number of hydrogen-bond donors (Lipinski definition) is 2. The van der Waals surface area contributed by atoms with E-state index in [-0.39, 0.29) is 11.5 Å². The molecule has 3 N–H and O–H groups in total. The van der Waals surface area contributed by atoms with Gasteiger partial charge in [0.25, 0.3) is 11.8 Å². The molecule has 0 spiro atoms. The van der Waals surface area contributed by atoms with Crippen LogP contribution >= 0.6 is 27.3 Å². The van der Waals surface area contributed by atoms with Gasteiger partial charge in [0, 0.05) is 16.4 Å². The molecule has 1 heterocycles. The largest absolute Gasteiger partial charge is 0.365 e. The standard InChI is InChI=1S/C20H16BrN3O2S/c1-12-16(18(22)25)20(23-11-13-6-5-7-14(21)10-13)27-17(12)19(26)24-15-8-3-2-4-9-15/h2-11H,1H3,(H2,22,25)(H,24,26)/b23-11+. The van der Waals surface area contributed by atoms with Gasteiger partial charge in [-0.05, 0) is 42.3 Å². The van der Waals surface area contributed by atoms with Crippen molar-refractivity contribution in [1.29, 1.82) is 0 Å². The fraction of sp³-hybridized carbons (Fsp3) is 0.0500. The van der Waals surface area contributed by atoms with Crippen LogP contribution in [-0.4, -0.2) is 18.0 Å². The quantitative estimate of drug-likeness (QED) is 0.550. The van der Waals surface area contributed by atoms with Gasteiger partial charge in [0.05, 0.1) is 10.4 Å². The van der Waals surface area contributed by atoms with E-state index >= 15 is 0 Å². The summed E-state index contributed by atoms with van der Waals surface area (Å²) in [4.78, 5) is 29.4. The molecule has 27 heavy (non-hydrogen) atoms. The van der Waals surface area contributed by atoms with Gasteiger partial charge >= 0.3 is 0 Å². The lowest BCUT2D eigenvalue weighted by atomic mass is 10.1. The van der Waals surface area contributed by atoms with Crippen LogP contribution < -0.4 is 11.1 Å². The Morgan fingerprint density at radius 3 is 2.56 bits per heavy atom. The summed E-state index contributed by atoms with van der Waals surface area (Å²) in [5.74, 6) is -0.904. The van der Waals surface area contributed by atoms with Gasteiger partial charge in [-0.3, -0.25) is 9.59 Å². The van der Waals surface area contributed by atoms with E-state index in [1.807, 2.05) is 42.5 Å². The van der Waals surface area contributed by atoms with E-state index < -0.39 is 5.91 Å². The third-order valence-corrected chi connectivity index (χ3v) is 5.48. The van der Waals surface area contributed by atoms with Gasteiger partial charge in [-0.25, -0.2) is 4.99 Å². The number of carbonyl (C=O) groups is 2. The Bertz CT molecular complexity index is 1030. The number of carbonyl (C=O) groups excluding carboxylic acids is 2. The highest BCUT2D eigenvalue weighted by atomic mass is 79.9. The van der Waals surface area contributed by atoms with Gasteiger partial charge in [0.1, 0.15) is 5.00 Å². The number of anilines is 1. The van der Waals surface area contributed by atoms with Gasteiger partial charge in [-0.1, -0.05) is 46.3 Å². The number of nitrogens with zero attached hydrogens (tertiary/aromatic N) is 1. The van der Waals surface area contributed by atoms with Crippen LogP contribution in [0.1, 0.15) is 31.2 Å². The molecule has 0 radical (unpaired) electrons. The first-order chi connectivity index (χ1) is 13.0. The molecule has 0 atom stereocenters. The van der Waals surface area contributed by atoms with Crippen molar-refractivity contribution in [2.75, 3.05) is 5.32 Å². The molecule has 0 aliphatic carbocycles. The lowest BCUT2D eigenvalue weighted by Gasteiger charge is -2.04. The Kier molecular flexibility index (Phi) is 5.83. The van der Waals surface area contributed by atoms with E-state index in [1.54, 1.807) is 25.3 Å². The third kappa shape index (κ3) is 4.50. The van der Waals surface area contributed by atoms with Crippen molar-refractivity contribution in [2.45, 2.75) is 6.92 Å². The molecule has 1 aromatic heterocycles. The summed E-state index contributed by atoms with van der Waals surface area (Å²) in [6.45, 7) is 1.70. The van der Waals surface area contributed by atoms with Crippen molar-refractivity contribution in [2.24, 2.45) is 10.7 Å². The SMILES string of the molecule is Cc1c(C(=O)Nc2ccccc2)sc(/N=C/c2cccc(Br)c2)c1C(N)=O. The molecule has 5 nitrogen and oxygen atoms in total. The Morgan fingerprint density at radius 1 is 1.15 bits per heavy atom. The van der Waals surface area contributed by atoms with Crippen LogP contribution in [0, 0.1) is 6.92 Å². The molecule has 0 saturated heterocycles. The van der Waals surface area contributed by atoms with E-state index in [2.05, 4.69) is 26.2 Å². The predicted molar refractivity (Wildman–Crippen MR) is 113 cm³/mol. The molecular formula is C20H16BrN3O2S. The molecule has 0 fully saturated rings. The van der Waals surface area contributed by atoms with Crippen molar-refractivity contribution in [1.82, 2.24) is 0 Å². The van der Waals surface area contributed by atoms with Crippen molar-refractivity contribution in [3.63, 3.8) is 0 Å². The second-order valence-electron chi connectivity index (χ2n) is 5.73. The van der Waals surface area contributed by atoms with Crippen LogP contribution in [0.3, 0.4) is 0 Å². The van der Waals surface area contributed by atoms with Crippen molar-refractivity contribution < 1.29 is 9.59 Å². The lowest BCUT2D eigenvalue weighted by Crippen LogP contribution is -2.14. The number of hydrogen-bond acceptors (Lipinski definition) is 4. The molecule has 3 aromatic rings. The predicted octanol–water partition coefficient (Wildman–Crippen LogP) is 4.92. The number of para-hydroxylation sites is 1. The summed E-state index contributed by atoms with van der Waals surface area (Å²) in [5.41, 5.74) is 7.87. The van der Waals surface area contributed by atoms with Crippen molar-refractivity contribution in [3.8, 4) is 0 Å². The van der Waals surface area contributed by atoms with Gasteiger partial charge in [-0.2, -0.15) is 0 Å². The minimum absolute atomic E-state index is 0.268. The second-order valence-corrected chi connectivity index (χ2v) is 7.65. The maximum atomic E-state index is 12.6. The fourth-order valence-corrected chi connectivity index (χ4v) is 4.00. The molecule has 0 bridgehead atoms. The zero-order valence-corrected chi connectivity index (χ0v) is 16.8. The number of primary amides is 1. The van der Waals surface area contributed by atoms with Crippen LogP contribution in [0.5, 0.6) is 0 Å². The van der Waals surface area contributed by atoms with Crippen molar-refractivity contribution in [3.05, 3.63) is 80.6 Å². The first kappa shape index (κ1) is 19.0. The summed E-state index contributed by atoms with van der Waals surface area (Å²) >= 11 is 4.55. The monoisotopic (exact) mass is 441 g/mol. The van der Waals surface area contributed by atoms with E-state index in [9.17, 15) is 9.59 Å². The fourth-order valence-electron chi connectivity index (χ4n) is 2.53. The second kappa shape index (κ2) is 8.28. The summed E-state index contributed by atoms with van der Waals surface area (Å²) in [5, 5.41) is 3.24. The topological polar surface area (TPSA) is 84.6 Å². The van der Waals surface area contributed by atoms with E-state index in [0.29, 0.717) is 21.1 Å². The first-order valence-electron chi connectivity index (χ1n) is 8.05. The van der Waals surface area contributed by atoms with Crippen LogP contribution in [0.15, 0.2) is 64.1 Å². The van der Waals surface area contributed by atoms with Crippen LogP contribution in [0.4, 0.5) is 10.7 Å². The molecule has 0 aliphatic rings. The minimum atomic E-state index is -0.607. The Morgan fingerprint density at radius 2 is 1.89 bits per heavy atom. The third-order valence-electron chi connectivity index (χ3n) is 3.79. The molecule has 0 unspecified atom stereocenters. The zero-order valence-electron chi connectivity index (χ0n) is 14.4. The van der Waals surface area contributed by atoms with E-state index in [4.69, 9.17) is 5.73 Å². The smallest absolute Gasteiger partial charge is 0.266 e. The maximum absolute atomic E-state index is 12.6. The van der Waals surface area contributed by atoms with Gasteiger partial charge in [0.2, 0.25) is 0 Å².